The fourth-order valence-electron chi connectivity index (χ4n) is 2.87. The lowest BCUT2D eigenvalue weighted by atomic mass is 10.1. The van der Waals surface area contributed by atoms with Gasteiger partial charge in [-0.15, -0.1) is 0 Å². The number of ether oxygens (including phenoxy) is 1. The van der Waals surface area contributed by atoms with Gasteiger partial charge in [0.05, 0.1) is 41.4 Å². The first-order valence-electron chi connectivity index (χ1n) is 7.90. The van der Waals surface area contributed by atoms with E-state index in [1.54, 1.807) is 11.8 Å². The third kappa shape index (κ3) is 3.53. The number of rotatable bonds is 2. The lowest BCUT2D eigenvalue weighted by Gasteiger charge is -2.31. The largest absolute Gasteiger partial charge is 0.416 e. The molecule has 0 unspecified atom stereocenters. The highest BCUT2D eigenvalue weighted by molar-refractivity contribution is 5.95. The minimum atomic E-state index is -4.43. The highest BCUT2D eigenvalue weighted by Crippen LogP contribution is 2.30. The summed E-state index contributed by atoms with van der Waals surface area (Å²) < 4.78 is 45.5. The predicted molar refractivity (Wildman–Crippen MR) is 84.6 cm³/mol. The summed E-state index contributed by atoms with van der Waals surface area (Å²) in [7, 11) is 0. The van der Waals surface area contributed by atoms with E-state index in [-0.39, 0.29) is 17.7 Å². The summed E-state index contributed by atoms with van der Waals surface area (Å²) >= 11 is 0. The van der Waals surface area contributed by atoms with Gasteiger partial charge in [0.25, 0.3) is 5.91 Å². The molecule has 0 N–H and O–H groups in total. The number of hydrogen-bond acceptors (Lipinski definition) is 3. The molecule has 5 nitrogen and oxygen atoms in total. The standard InChI is InChI=1S/C17H18F3N3O2/c1-11-10-22(6-7-25-11)16(24)15-9-21-23(12(15)2)14-5-3-4-13(8-14)17(18,19)20/h3-5,8-9,11H,6-7,10H2,1-2H3/t11-/m0/s1. The molecule has 0 radical (unpaired) electrons. The van der Waals surface area contributed by atoms with Crippen LogP contribution >= 0.6 is 0 Å². The van der Waals surface area contributed by atoms with Crippen LogP contribution in [0.2, 0.25) is 0 Å². The molecule has 25 heavy (non-hydrogen) atoms. The van der Waals surface area contributed by atoms with Gasteiger partial charge in [0, 0.05) is 13.1 Å². The van der Waals surface area contributed by atoms with E-state index < -0.39 is 11.7 Å². The Labute approximate surface area is 143 Å². The molecule has 1 amide bonds. The fourth-order valence-corrected chi connectivity index (χ4v) is 2.87. The topological polar surface area (TPSA) is 47.4 Å². The van der Waals surface area contributed by atoms with Crippen LogP contribution in [0.25, 0.3) is 5.69 Å². The Balaban J connectivity index is 1.90. The number of alkyl halides is 3. The number of morpholine rings is 1. The molecule has 1 atom stereocenters. The number of hydrogen-bond donors (Lipinski definition) is 0. The molecule has 1 aliphatic rings. The molecule has 1 fully saturated rings. The van der Waals surface area contributed by atoms with Crippen molar-refractivity contribution >= 4 is 5.91 Å². The van der Waals surface area contributed by atoms with Crippen molar-refractivity contribution in [3.63, 3.8) is 0 Å². The molecule has 2 aromatic rings. The van der Waals surface area contributed by atoms with Crippen molar-refractivity contribution < 1.29 is 22.7 Å². The van der Waals surface area contributed by atoms with Crippen molar-refractivity contribution in [3.8, 4) is 5.69 Å². The highest BCUT2D eigenvalue weighted by atomic mass is 19.4. The van der Waals surface area contributed by atoms with E-state index in [0.29, 0.717) is 31.0 Å². The van der Waals surface area contributed by atoms with E-state index in [0.717, 1.165) is 12.1 Å². The molecule has 1 aromatic carbocycles. The molecule has 1 saturated heterocycles. The van der Waals surface area contributed by atoms with Gasteiger partial charge in [-0.05, 0) is 32.0 Å². The molecule has 8 heteroatoms. The number of benzene rings is 1. The Morgan fingerprint density at radius 3 is 2.80 bits per heavy atom. The summed E-state index contributed by atoms with van der Waals surface area (Å²) in [5.74, 6) is -0.189. The number of halogens is 3. The average Bonchev–Trinajstić information content (AvgIpc) is 2.95. The van der Waals surface area contributed by atoms with Crippen LogP contribution in [0.4, 0.5) is 13.2 Å². The van der Waals surface area contributed by atoms with E-state index in [4.69, 9.17) is 4.74 Å². The lowest BCUT2D eigenvalue weighted by molar-refractivity contribution is -0.137. The quantitative estimate of drug-likeness (QED) is 0.834. The molecule has 0 bridgehead atoms. The van der Waals surface area contributed by atoms with E-state index >= 15 is 0 Å². The summed E-state index contributed by atoms with van der Waals surface area (Å²) in [5.41, 5.74) is 0.395. The number of carbonyl (C=O) groups excluding carboxylic acids is 1. The molecule has 134 valence electrons. The first kappa shape index (κ1) is 17.5. The summed E-state index contributed by atoms with van der Waals surface area (Å²) in [6.07, 6.45) is -3.07. The van der Waals surface area contributed by atoms with Crippen LogP contribution in [0.3, 0.4) is 0 Å². The van der Waals surface area contributed by atoms with Gasteiger partial charge in [0.1, 0.15) is 0 Å². The fraction of sp³-hybridized carbons (Fsp3) is 0.412. The van der Waals surface area contributed by atoms with Gasteiger partial charge < -0.3 is 9.64 Å². The normalized spacial score (nSPS) is 18.4. The second kappa shape index (κ2) is 6.51. The van der Waals surface area contributed by atoms with E-state index in [2.05, 4.69) is 5.10 Å². The minimum absolute atomic E-state index is 0.0449. The zero-order chi connectivity index (χ0) is 18.2. The highest BCUT2D eigenvalue weighted by Gasteiger charge is 2.31. The summed E-state index contributed by atoms with van der Waals surface area (Å²) in [4.78, 5) is 14.3. The molecule has 3 rings (SSSR count). The van der Waals surface area contributed by atoms with Crippen LogP contribution in [0, 0.1) is 6.92 Å². The third-order valence-corrected chi connectivity index (χ3v) is 4.19. The van der Waals surface area contributed by atoms with Crippen LogP contribution in [0.5, 0.6) is 0 Å². The van der Waals surface area contributed by atoms with Gasteiger partial charge in [-0.1, -0.05) is 6.07 Å². The van der Waals surface area contributed by atoms with E-state index in [9.17, 15) is 18.0 Å². The Kier molecular flexibility index (Phi) is 4.55. The van der Waals surface area contributed by atoms with Crippen molar-refractivity contribution in [1.82, 2.24) is 14.7 Å². The van der Waals surface area contributed by atoms with E-state index in [1.807, 2.05) is 6.92 Å². The Bertz CT molecular complexity index is 786. The average molecular weight is 353 g/mol. The van der Waals surface area contributed by atoms with Gasteiger partial charge in [0.15, 0.2) is 0 Å². The maximum Gasteiger partial charge on any atom is 0.416 e. The minimum Gasteiger partial charge on any atom is -0.375 e. The van der Waals surface area contributed by atoms with E-state index in [1.165, 1.54) is 23.0 Å². The molecule has 0 saturated carbocycles. The van der Waals surface area contributed by atoms with Crippen molar-refractivity contribution in [1.29, 1.82) is 0 Å². The van der Waals surface area contributed by atoms with Gasteiger partial charge in [-0.25, -0.2) is 4.68 Å². The Hall–Kier alpha value is -2.35. The first-order chi connectivity index (χ1) is 11.8. The van der Waals surface area contributed by atoms with Crippen LogP contribution in [0.1, 0.15) is 28.5 Å². The van der Waals surface area contributed by atoms with Crippen LogP contribution in [-0.4, -0.2) is 46.4 Å². The smallest absolute Gasteiger partial charge is 0.375 e. The van der Waals surface area contributed by atoms with Crippen LogP contribution in [-0.2, 0) is 10.9 Å². The number of carbonyl (C=O) groups is 1. The molecule has 2 heterocycles. The van der Waals surface area contributed by atoms with Gasteiger partial charge in [-0.2, -0.15) is 18.3 Å². The summed E-state index contributed by atoms with van der Waals surface area (Å²) in [6.45, 7) is 4.99. The second-order valence-electron chi connectivity index (χ2n) is 6.04. The maximum atomic E-state index is 12.9. The number of amides is 1. The zero-order valence-electron chi connectivity index (χ0n) is 13.9. The molecular formula is C17H18F3N3O2. The molecule has 0 spiro atoms. The molecule has 1 aliphatic heterocycles. The Morgan fingerprint density at radius 2 is 2.12 bits per heavy atom. The van der Waals surface area contributed by atoms with Crippen molar-refractivity contribution in [2.75, 3.05) is 19.7 Å². The van der Waals surface area contributed by atoms with Crippen molar-refractivity contribution in [2.45, 2.75) is 26.1 Å². The predicted octanol–water partition coefficient (Wildman–Crippen LogP) is 3.06. The zero-order valence-corrected chi connectivity index (χ0v) is 13.9. The monoisotopic (exact) mass is 353 g/mol. The second-order valence-corrected chi connectivity index (χ2v) is 6.04. The molecule has 1 aromatic heterocycles. The summed E-state index contributed by atoms with van der Waals surface area (Å²) in [6, 6.07) is 4.87. The van der Waals surface area contributed by atoms with Gasteiger partial charge in [0.2, 0.25) is 0 Å². The van der Waals surface area contributed by atoms with Crippen molar-refractivity contribution in [3.05, 3.63) is 47.3 Å². The van der Waals surface area contributed by atoms with Crippen molar-refractivity contribution in [2.24, 2.45) is 0 Å². The number of nitrogens with zero attached hydrogens (tertiary/aromatic N) is 3. The lowest BCUT2D eigenvalue weighted by Crippen LogP contribution is -2.44. The number of aromatic nitrogens is 2. The SMILES string of the molecule is Cc1c(C(=O)N2CCO[C@@H](C)C2)cnn1-c1cccc(C(F)(F)F)c1. The van der Waals surface area contributed by atoms with Gasteiger partial charge in [-0.3, -0.25) is 4.79 Å². The Morgan fingerprint density at radius 1 is 1.36 bits per heavy atom. The maximum absolute atomic E-state index is 12.9. The summed E-state index contributed by atoms with van der Waals surface area (Å²) in [5, 5.41) is 4.11. The third-order valence-electron chi connectivity index (χ3n) is 4.19. The van der Waals surface area contributed by atoms with Crippen LogP contribution < -0.4 is 0 Å². The molecule has 0 aliphatic carbocycles. The first-order valence-corrected chi connectivity index (χ1v) is 7.90. The van der Waals surface area contributed by atoms with Gasteiger partial charge >= 0.3 is 6.18 Å². The molecular weight excluding hydrogens is 335 g/mol. The van der Waals surface area contributed by atoms with Crippen LogP contribution in [0.15, 0.2) is 30.5 Å².